The highest BCUT2D eigenvalue weighted by Crippen LogP contribution is 2.42. The summed E-state index contributed by atoms with van der Waals surface area (Å²) in [5, 5.41) is 11.2. The highest BCUT2D eigenvalue weighted by molar-refractivity contribution is 6.51. The van der Waals surface area contributed by atoms with Gasteiger partial charge in [-0.1, -0.05) is 51.1 Å². The van der Waals surface area contributed by atoms with Crippen molar-refractivity contribution in [2.45, 2.75) is 46.1 Å². The molecule has 1 saturated heterocycles. The SMILES string of the molecule is Cc1ccc(/C(O)=C2/C(=O)C(=O)N(c3ccc(C(C)(C)C)cc3)C2c2ccccn2)cc1C. The van der Waals surface area contributed by atoms with Crippen molar-refractivity contribution in [2.24, 2.45) is 0 Å². The number of nitrogens with zero attached hydrogens (tertiary/aromatic N) is 2. The number of anilines is 1. The first-order valence-corrected chi connectivity index (χ1v) is 11.0. The zero-order chi connectivity index (χ0) is 23.9. The maximum absolute atomic E-state index is 13.2. The molecular weight excluding hydrogens is 412 g/mol. The van der Waals surface area contributed by atoms with Crippen molar-refractivity contribution in [1.29, 1.82) is 0 Å². The van der Waals surface area contributed by atoms with Crippen LogP contribution < -0.4 is 4.90 Å². The Bertz CT molecular complexity index is 1250. The molecule has 0 bridgehead atoms. The van der Waals surface area contributed by atoms with Crippen LogP contribution in [0.4, 0.5) is 5.69 Å². The summed E-state index contributed by atoms with van der Waals surface area (Å²) >= 11 is 0. The lowest BCUT2D eigenvalue weighted by Gasteiger charge is -2.26. The maximum Gasteiger partial charge on any atom is 0.300 e. The Morgan fingerprint density at radius 1 is 0.939 bits per heavy atom. The number of amides is 1. The van der Waals surface area contributed by atoms with E-state index in [0.29, 0.717) is 16.9 Å². The summed E-state index contributed by atoms with van der Waals surface area (Å²) in [6.07, 6.45) is 1.62. The van der Waals surface area contributed by atoms with Crippen LogP contribution in [0.2, 0.25) is 0 Å². The fourth-order valence-corrected chi connectivity index (χ4v) is 4.08. The second-order valence-electron chi connectivity index (χ2n) is 9.52. The fraction of sp³-hybridized carbons (Fsp3) is 0.250. The number of pyridine rings is 1. The Labute approximate surface area is 194 Å². The van der Waals surface area contributed by atoms with Gasteiger partial charge in [-0.05, 0) is 66.3 Å². The summed E-state index contributed by atoms with van der Waals surface area (Å²) in [7, 11) is 0. The summed E-state index contributed by atoms with van der Waals surface area (Å²) in [6, 6.07) is 17.6. The quantitative estimate of drug-likeness (QED) is 0.326. The van der Waals surface area contributed by atoms with Gasteiger partial charge in [0.05, 0.1) is 11.3 Å². The van der Waals surface area contributed by atoms with Crippen LogP contribution in [-0.4, -0.2) is 21.8 Å². The molecule has 1 aliphatic heterocycles. The maximum atomic E-state index is 13.2. The van der Waals surface area contributed by atoms with Crippen molar-refractivity contribution >= 4 is 23.1 Å². The van der Waals surface area contributed by atoms with Gasteiger partial charge < -0.3 is 5.11 Å². The highest BCUT2D eigenvalue weighted by Gasteiger charge is 2.47. The van der Waals surface area contributed by atoms with Gasteiger partial charge in [0.1, 0.15) is 11.8 Å². The molecule has 0 saturated carbocycles. The predicted octanol–water partition coefficient (Wildman–Crippen LogP) is 5.62. The molecule has 1 unspecified atom stereocenters. The number of carbonyl (C=O) groups is 2. The Kier molecular flexibility index (Phi) is 5.66. The first-order valence-electron chi connectivity index (χ1n) is 11.0. The molecule has 5 heteroatoms. The molecule has 168 valence electrons. The van der Waals surface area contributed by atoms with Gasteiger partial charge in [0.2, 0.25) is 0 Å². The molecule has 33 heavy (non-hydrogen) atoms. The summed E-state index contributed by atoms with van der Waals surface area (Å²) in [4.78, 5) is 32.3. The molecule has 0 spiro atoms. The van der Waals surface area contributed by atoms with Crippen molar-refractivity contribution in [2.75, 3.05) is 4.90 Å². The van der Waals surface area contributed by atoms with E-state index in [-0.39, 0.29) is 16.7 Å². The van der Waals surface area contributed by atoms with E-state index in [0.717, 1.165) is 16.7 Å². The number of hydrogen-bond acceptors (Lipinski definition) is 4. The number of carbonyl (C=O) groups excluding carboxylic acids is 2. The molecule has 1 atom stereocenters. The molecule has 0 aliphatic carbocycles. The van der Waals surface area contributed by atoms with E-state index in [4.69, 9.17) is 0 Å². The average Bonchev–Trinajstić information content (AvgIpc) is 3.06. The minimum absolute atomic E-state index is 0.0434. The number of hydrogen-bond donors (Lipinski definition) is 1. The van der Waals surface area contributed by atoms with Crippen LogP contribution >= 0.6 is 0 Å². The number of Topliss-reactive ketones (excluding diaryl/α,β-unsaturated/α-hetero) is 1. The topological polar surface area (TPSA) is 70.5 Å². The van der Waals surface area contributed by atoms with Crippen molar-refractivity contribution in [3.63, 3.8) is 0 Å². The minimum Gasteiger partial charge on any atom is -0.507 e. The second kappa shape index (κ2) is 8.32. The zero-order valence-corrected chi connectivity index (χ0v) is 19.6. The van der Waals surface area contributed by atoms with Gasteiger partial charge >= 0.3 is 0 Å². The number of aromatic nitrogens is 1. The van der Waals surface area contributed by atoms with Crippen LogP contribution in [0.5, 0.6) is 0 Å². The lowest BCUT2D eigenvalue weighted by Crippen LogP contribution is -2.30. The second-order valence-corrected chi connectivity index (χ2v) is 9.52. The standard InChI is InChI=1S/C28H28N2O3/c1-17-9-10-19(16-18(17)2)25(31)23-24(22-8-6-7-15-29-22)30(27(33)26(23)32)21-13-11-20(12-14-21)28(3,4)5/h6-16,24,31H,1-5H3/b25-23-. The molecule has 1 fully saturated rings. The lowest BCUT2D eigenvalue weighted by molar-refractivity contribution is -0.132. The molecule has 2 heterocycles. The van der Waals surface area contributed by atoms with Crippen molar-refractivity contribution in [1.82, 2.24) is 4.98 Å². The van der Waals surface area contributed by atoms with Crippen LogP contribution in [0, 0.1) is 13.8 Å². The Hall–Kier alpha value is -3.73. The molecule has 3 aromatic rings. The fourth-order valence-electron chi connectivity index (χ4n) is 4.08. The van der Waals surface area contributed by atoms with Gasteiger partial charge in [0.25, 0.3) is 11.7 Å². The Morgan fingerprint density at radius 3 is 2.21 bits per heavy atom. The van der Waals surface area contributed by atoms with Gasteiger partial charge in [-0.2, -0.15) is 0 Å². The third-order valence-electron chi connectivity index (χ3n) is 6.20. The zero-order valence-electron chi connectivity index (χ0n) is 19.6. The molecule has 4 rings (SSSR count). The molecular formula is C28H28N2O3. The number of aliphatic hydroxyl groups is 1. The normalized spacial score (nSPS) is 18.1. The van der Waals surface area contributed by atoms with E-state index >= 15 is 0 Å². The van der Waals surface area contributed by atoms with Crippen LogP contribution in [0.1, 0.15) is 54.8 Å². The highest BCUT2D eigenvalue weighted by atomic mass is 16.3. The average molecular weight is 441 g/mol. The van der Waals surface area contributed by atoms with E-state index in [9.17, 15) is 14.7 Å². The van der Waals surface area contributed by atoms with E-state index in [2.05, 4.69) is 25.8 Å². The first-order chi connectivity index (χ1) is 15.6. The Balaban J connectivity index is 1.90. The van der Waals surface area contributed by atoms with Crippen molar-refractivity contribution in [3.8, 4) is 0 Å². The van der Waals surface area contributed by atoms with Gasteiger partial charge in [-0.15, -0.1) is 0 Å². The lowest BCUT2D eigenvalue weighted by atomic mass is 9.87. The molecule has 1 aromatic heterocycles. The molecule has 2 aromatic carbocycles. The summed E-state index contributed by atoms with van der Waals surface area (Å²) < 4.78 is 0. The van der Waals surface area contributed by atoms with Crippen molar-refractivity contribution < 1.29 is 14.7 Å². The first kappa shape index (κ1) is 22.5. The van der Waals surface area contributed by atoms with Crippen LogP contribution in [0.25, 0.3) is 5.76 Å². The van der Waals surface area contributed by atoms with Gasteiger partial charge in [-0.25, -0.2) is 0 Å². The largest absolute Gasteiger partial charge is 0.507 e. The molecule has 1 aliphatic rings. The van der Waals surface area contributed by atoms with E-state index in [1.807, 2.05) is 50.2 Å². The minimum atomic E-state index is -0.826. The summed E-state index contributed by atoms with van der Waals surface area (Å²) in [5.41, 5.74) is 4.78. The predicted molar refractivity (Wildman–Crippen MR) is 130 cm³/mol. The van der Waals surface area contributed by atoms with E-state index in [1.54, 1.807) is 30.5 Å². The molecule has 0 radical (unpaired) electrons. The van der Waals surface area contributed by atoms with Gasteiger partial charge in [-0.3, -0.25) is 19.5 Å². The van der Waals surface area contributed by atoms with Gasteiger partial charge in [0, 0.05) is 17.4 Å². The van der Waals surface area contributed by atoms with Crippen LogP contribution in [0.3, 0.4) is 0 Å². The van der Waals surface area contributed by atoms with Crippen molar-refractivity contribution in [3.05, 3.63) is 100 Å². The molecule has 1 amide bonds. The third-order valence-corrected chi connectivity index (χ3v) is 6.20. The summed E-state index contributed by atoms with van der Waals surface area (Å²) in [5.74, 6) is -1.60. The number of rotatable bonds is 3. The third kappa shape index (κ3) is 4.07. The number of aryl methyl sites for hydroxylation is 2. The molecule has 1 N–H and O–H groups in total. The Morgan fingerprint density at radius 2 is 1.64 bits per heavy atom. The number of benzene rings is 2. The smallest absolute Gasteiger partial charge is 0.300 e. The van der Waals surface area contributed by atoms with Gasteiger partial charge in [0.15, 0.2) is 0 Å². The van der Waals surface area contributed by atoms with Crippen LogP contribution in [-0.2, 0) is 15.0 Å². The number of ketones is 1. The van der Waals surface area contributed by atoms with E-state index in [1.165, 1.54) is 4.90 Å². The molecule has 5 nitrogen and oxygen atoms in total. The van der Waals surface area contributed by atoms with Crippen LogP contribution in [0.15, 0.2) is 72.4 Å². The summed E-state index contributed by atoms with van der Waals surface area (Å²) in [6.45, 7) is 10.3. The number of aliphatic hydroxyl groups excluding tert-OH is 1. The monoisotopic (exact) mass is 440 g/mol. The van der Waals surface area contributed by atoms with E-state index < -0.39 is 17.7 Å².